The van der Waals surface area contributed by atoms with Crippen molar-refractivity contribution in [1.29, 1.82) is 0 Å². The molecule has 2 aromatic heterocycles. The van der Waals surface area contributed by atoms with Crippen LogP contribution in [0.5, 0.6) is 0 Å². The summed E-state index contributed by atoms with van der Waals surface area (Å²) in [6.45, 7) is 1.99. The van der Waals surface area contributed by atoms with Crippen LogP contribution in [0.3, 0.4) is 0 Å². The highest BCUT2D eigenvalue weighted by molar-refractivity contribution is 7.98. The Morgan fingerprint density at radius 3 is 2.71 bits per heavy atom. The average Bonchev–Trinajstić information content (AvgIpc) is 2.70. The third-order valence-electron chi connectivity index (χ3n) is 5.60. The van der Waals surface area contributed by atoms with Gasteiger partial charge in [-0.25, -0.2) is 9.97 Å². The minimum atomic E-state index is -0.476. The maximum absolute atomic E-state index is 13.2. The molecule has 1 aromatic carbocycles. The molecule has 2 atom stereocenters. The number of fused-ring (bicyclic) bond motifs is 1. The van der Waals surface area contributed by atoms with E-state index in [1.54, 1.807) is 22.7 Å². The van der Waals surface area contributed by atoms with Crippen molar-refractivity contribution in [2.24, 2.45) is 0 Å². The molecule has 0 amide bonds. The smallest absolute Gasteiger partial charge is 0.261 e. The highest BCUT2D eigenvalue weighted by atomic mass is 32.2. The van der Waals surface area contributed by atoms with Crippen molar-refractivity contribution in [2.75, 3.05) is 6.26 Å². The molecule has 1 fully saturated rings. The number of aliphatic hydroxyl groups is 1. The summed E-state index contributed by atoms with van der Waals surface area (Å²) in [5.41, 5.74) is 3.87. The Labute approximate surface area is 168 Å². The Balaban J connectivity index is 1.73. The molecule has 1 aliphatic carbocycles. The summed E-state index contributed by atoms with van der Waals surface area (Å²) in [6, 6.07) is 7.97. The van der Waals surface area contributed by atoms with Crippen LogP contribution in [-0.2, 0) is 6.42 Å². The molecule has 0 bridgehead atoms. The van der Waals surface area contributed by atoms with E-state index in [4.69, 9.17) is 0 Å². The first-order valence-electron chi connectivity index (χ1n) is 9.74. The number of benzene rings is 1. The minimum absolute atomic E-state index is 0.0586. The molecule has 5 nitrogen and oxygen atoms in total. The predicted octanol–water partition coefficient (Wildman–Crippen LogP) is 3.89. The Morgan fingerprint density at radius 2 is 2.00 bits per heavy atom. The monoisotopic (exact) mass is 395 g/mol. The van der Waals surface area contributed by atoms with Gasteiger partial charge in [0.25, 0.3) is 5.56 Å². The Kier molecular flexibility index (Phi) is 5.51. The molecule has 1 saturated carbocycles. The summed E-state index contributed by atoms with van der Waals surface area (Å²) in [5, 5.41) is 12.0. The van der Waals surface area contributed by atoms with Crippen molar-refractivity contribution >= 4 is 22.7 Å². The lowest BCUT2D eigenvalue weighted by Crippen LogP contribution is -2.34. The first-order chi connectivity index (χ1) is 13.6. The van der Waals surface area contributed by atoms with Crippen LogP contribution in [0.15, 0.2) is 46.6 Å². The number of aliphatic hydroxyl groups excluding tert-OH is 1. The highest BCUT2D eigenvalue weighted by Gasteiger charge is 2.26. The van der Waals surface area contributed by atoms with Crippen molar-refractivity contribution in [3.8, 4) is 0 Å². The summed E-state index contributed by atoms with van der Waals surface area (Å²) in [7, 11) is 0. The van der Waals surface area contributed by atoms with Gasteiger partial charge in [0, 0.05) is 6.20 Å². The van der Waals surface area contributed by atoms with Crippen LogP contribution in [0.2, 0.25) is 0 Å². The lowest BCUT2D eigenvalue weighted by Gasteiger charge is -2.29. The van der Waals surface area contributed by atoms with Crippen LogP contribution in [0, 0.1) is 6.92 Å². The largest absolute Gasteiger partial charge is 0.391 e. The van der Waals surface area contributed by atoms with Gasteiger partial charge in [0.1, 0.15) is 0 Å². The molecule has 0 radical (unpaired) electrons. The first kappa shape index (κ1) is 19.2. The lowest BCUT2D eigenvalue weighted by atomic mass is 9.92. The summed E-state index contributed by atoms with van der Waals surface area (Å²) < 4.78 is 1.64. The van der Waals surface area contributed by atoms with Crippen molar-refractivity contribution < 1.29 is 5.11 Å². The SMILES string of the molecule is CSc1ccc(Cc2cc(C)c3ncn(C4CCCCC4O)c(=O)c3c2)cn1. The molecule has 1 aliphatic rings. The number of rotatable bonds is 4. The van der Waals surface area contributed by atoms with Crippen molar-refractivity contribution in [3.05, 3.63) is 63.8 Å². The maximum atomic E-state index is 13.2. The number of nitrogens with zero attached hydrogens (tertiary/aromatic N) is 3. The Bertz CT molecular complexity index is 1050. The zero-order valence-corrected chi connectivity index (χ0v) is 17.1. The number of thioether (sulfide) groups is 1. The van der Waals surface area contributed by atoms with E-state index in [9.17, 15) is 9.90 Å². The van der Waals surface area contributed by atoms with E-state index >= 15 is 0 Å². The zero-order valence-electron chi connectivity index (χ0n) is 16.3. The fraction of sp³-hybridized carbons (Fsp3) is 0.409. The summed E-state index contributed by atoms with van der Waals surface area (Å²) in [5.74, 6) is 0. The van der Waals surface area contributed by atoms with E-state index in [2.05, 4.69) is 22.1 Å². The molecular formula is C22H25N3O2S. The Morgan fingerprint density at radius 1 is 1.18 bits per heavy atom. The van der Waals surface area contributed by atoms with Gasteiger partial charge in [0.15, 0.2) is 0 Å². The highest BCUT2D eigenvalue weighted by Crippen LogP contribution is 2.28. The third kappa shape index (κ3) is 3.71. The number of hydrogen-bond donors (Lipinski definition) is 1. The van der Waals surface area contributed by atoms with Gasteiger partial charge in [-0.1, -0.05) is 25.0 Å². The fourth-order valence-electron chi connectivity index (χ4n) is 4.13. The second kappa shape index (κ2) is 8.05. The topological polar surface area (TPSA) is 68.0 Å². The van der Waals surface area contributed by atoms with Crippen molar-refractivity contribution in [1.82, 2.24) is 14.5 Å². The van der Waals surface area contributed by atoms with Crippen LogP contribution < -0.4 is 5.56 Å². The van der Waals surface area contributed by atoms with Crippen LogP contribution in [0.4, 0.5) is 0 Å². The van der Waals surface area contributed by atoms with E-state index in [0.29, 0.717) is 5.39 Å². The molecule has 4 rings (SSSR count). The van der Waals surface area contributed by atoms with Gasteiger partial charge in [0.2, 0.25) is 0 Å². The lowest BCUT2D eigenvalue weighted by molar-refractivity contribution is 0.0735. The molecule has 0 spiro atoms. The molecule has 2 unspecified atom stereocenters. The molecule has 28 heavy (non-hydrogen) atoms. The average molecular weight is 396 g/mol. The van der Waals surface area contributed by atoms with E-state index < -0.39 is 6.10 Å². The maximum Gasteiger partial charge on any atom is 0.261 e. The van der Waals surface area contributed by atoms with Gasteiger partial charge in [-0.2, -0.15) is 0 Å². The van der Waals surface area contributed by atoms with E-state index in [0.717, 1.165) is 59.3 Å². The molecule has 0 saturated heterocycles. The van der Waals surface area contributed by atoms with E-state index in [1.807, 2.05) is 31.5 Å². The second-order valence-corrected chi connectivity index (χ2v) is 8.40. The number of hydrogen-bond acceptors (Lipinski definition) is 5. The molecule has 146 valence electrons. The van der Waals surface area contributed by atoms with E-state index in [-0.39, 0.29) is 11.6 Å². The van der Waals surface area contributed by atoms with Crippen LogP contribution in [-0.4, -0.2) is 32.0 Å². The third-order valence-corrected chi connectivity index (χ3v) is 6.26. The van der Waals surface area contributed by atoms with Gasteiger partial charge >= 0.3 is 0 Å². The van der Waals surface area contributed by atoms with Gasteiger partial charge < -0.3 is 5.11 Å². The fourth-order valence-corrected chi connectivity index (χ4v) is 4.49. The molecule has 3 aromatic rings. The predicted molar refractivity (Wildman–Crippen MR) is 113 cm³/mol. The van der Waals surface area contributed by atoms with Gasteiger partial charge in [0.05, 0.1) is 34.4 Å². The second-order valence-electron chi connectivity index (χ2n) is 7.57. The molecular weight excluding hydrogens is 370 g/mol. The Hall–Kier alpha value is -2.18. The first-order valence-corrected chi connectivity index (χ1v) is 11.0. The van der Waals surface area contributed by atoms with Crippen LogP contribution in [0.1, 0.15) is 48.4 Å². The molecule has 2 heterocycles. The van der Waals surface area contributed by atoms with Crippen LogP contribution in [0.25, 0.3) is 10.9 Å². The van der Waals surface area contributed by atoms with E-state index in [1.165, 1.54) is 0 Å². The zero-order chi connectivity index (χ0) is 19.7. The quantitative estimate of drug-likeness (QED) is 0.679. The number of aryl methyl sites for hydroxylation is 1. The van der Waals surface area contributed by atoms with Gasteiger partial charge in [-0.05, 0) is 61.3 Å². The normalized spacial score (nSPS) is 19.8. The molecule has 6 heteroatoms. The summed E-state index contributed by atoms with van der Waals surface area (Å²) in [6.07, 6.45) is 9.37. The van der Waals surface area contributed by atoms with Gasteiger partial charge in [-0.3, -0.25) is 9.36 Å². The summed E-state index contributed by atoms with van der Waals surface area (Å²) >= 11 is 1.62. The molecule has 1 N–H and O–H groups in total. The van der Waals surface area contributed by atoms with Crippen molar-refractivity contribution in [3.63, 3.8) is 0 Å². The van der Waals surface area contributed by atoms with Crippen LogP contribution >= 0.6 is 11.8 Å². The number of pyridine rings is 1. The standard InChI is InChI=1S/C22H25N3O2S/c1-14-9-16(10-15-7-8-20(28-2)23-12-15)11-17-21(14)24-13-25(22(17)27)18-5-3-4-6-19(18)26/h7-9,11-13,18-19,26H,3-6,10H2,1-2H3. The minimum Gasteiger partial charge on any atom is -0.391 e. The molecule has 0 aliphatic heterocycles. The number of aromatic nitrogens is 3. The van der Waals surface area contributed by atoms with Crippen molar-refractivity contribution in [2.45, 2.75) is 56.2 Å². The van der Waals surface area contributed by atoms with Gasteiger partial charge in [-0.15, -0.1) is 11.8 Å². The summed E-state index contributed by atoms with van der Waals surface area (Å²) in [4.78, 5) is 22.2.